The maximum atomic E-state index is 13.4. The molecule has 0 aliphatic carbocycles. The summed E-state index contributed by atoms with van der Waals surface area (Å²) in [6, 6.07) is 22.5. The highest BCUT2D eigenvalue weighted by Gasteiger charge is 2.17. The number of fused-ring (bicyclic) bond motifs is 1. The first kappa shape index (κ1) is 19.6. The van der Waals surface area contributed by atoms with Crippen LogP contribution in [0.2, 0.25) is 0 Å². The number of para-hydroxylation sites is 1. The molecule has 156 valence electrons. The SMILES string of the molecule is Cc1cc(NC(=O)c2cc(-c3ccc(F)cc3)nc3ccccc23)n(-c2ccccn2)n1. The maximum absolute atomic E-state index is 13.4. The van der Waals surface area contributed by atoms with Crippen molar-refractivity contribution in [2.24, 2.45) is 0 Å². The van der Waals surface area contributed by atoms with Gasteiger partial charge in [-0.05, 0) is 55.5 Å². The van der Waals surface area contributed by atoms with Gasteiger partial charge in [-0.1, -0.05) is 24.3 Å². The minimum absolute atomic E-state index is 0.302. The molecule has 3 heterocycles. The second kappa shape index (κ2) is 8.03. The van der Waals surface area contributed by atoms with Crippen molar-refractivity contribution in [2.45, 2.75) is 6.92 Å². The first-order valence-electron chi connectivity index (χ1n) is 10.0. The molecule has 0 saturated carbocycles. The number of nitrogens with one attached hydrogen (secondary N) is 1. The van der Waals surface area contributed by atoms with Crippen LogP contribution in [0.5, 0.6) is 0 Å². The molecule has 3 aromatic heterocycles. The van der Waals surface area contributed by atoms with Crippen LogP contribution in [0.1, 0.15) is 16.1 Å². The number of halogens is 1. The third kappa shape index (κ3) is 3.72. The smallest absolute Gasteiger partial charge is 0.257 e. The molecule has 5 aromatic rings. The molecule has 0 bridgehead atoms. The van der Waals surface area contributed by atoms with Gasteiger partial charge in [0.25, 0.3) is 5.91 Å². The Labute approximate surface area is 183 Å². The summed E-state index contributed by atoms with van der Waals surface area (Å²) in [4.78, 5) is 22.4. The lowest BCUT2D eigenvalue weighted by molar-refractivity contribution is 0.102. The normalized spacial score (nSPS) is 10.9. The largest absolute Gasteiger partial charge is 0.306 e. The monoisotopic (exact) mass is 423 g/mol. The van der Waals surface area contributed by atoms with Gasteiger partial charge >= 0.3 is 0 Å². The molecule has 1 amide bonds. The zero-order valence-electron chi connectivity index (χ0n) is 17.2. The third-order valence-corrected chi connectivity index (χ3v) is 5.04. The van der Waals surface area contributed by atoms with Gasteiger partial charge in [-0.3, -0.25) is 4.79 Å². The number of aromatic nitrogens is 4. The number of amides is 1. The van der Waals surface area contributed by atoms with E-state index in [0.717, 1.165) is 16.6 Å². The standard InChI is InChI=1S/C25H18FN5O/c1-16-14-24(31(30-16)23-8-4-5-13-27-23)29-25(32)20-15-22(17-9-11-18(26)12-10-17)28-21-7-3-2-6-19(20)21/h2-15H,1H3,(H,29,32). The van der Waals surface area contributed by atoms with Crippen LogP contribution in [0, 0.1) is 12.7 Å². The molecule has 0 spiro atoms. The van der Waals surface area contributed by atoms with Gasteiger partial charge in [0.1, 0.15) is 11.6 Å². The summed E-state index contributed by atoms with van der Waals surface area (Å²) in [5, 5.41) is 8.13. The molecular weight excluding hydrogens is 405 g/mol. The summed E-state index contributed by atoms with van der Waals surface area (Å²) in [7, 11) is 0. The van der Waals surface area contributed by atoms with Crippen molar-refractivity contribution in [2.75, 3.05) is 5.32 Å². The Balaban J connectivity index is 1.58. The zero-order valence-corrected chi connectivity index (χ0v) is 17.2. The number of carbonyl (C=O) groups excluding carboxylic acids is 1. The van der Waals surface area contributed by atoms with E-state index in [4.69, 9.17) is 0 Å². The fourth-order valence-corrected chi connectivity index (χ4v) is 3.56. The zero-order chi connectivity index (χ0) is 22.1. The second-order valence-corrected chi connectivity index (χ2v) is 7.30. The van der Waals surface area contributed by atoms with Crippen LogP contribution in [0.25, 0.3) is 28.0 Å². The van der Waals surface area contributed by atoms with Crippen LogP contribution >= 0.6 is 0 Å². The van der Waals surface area contributed by atoms with E-state index < -0.39 is 0 Å². The summed E-state index contributed by atoms with van der Waals surface area (Å²) in [6.45, 7) is 1.85. The molecule has 0 unspecified atom stereocenters. The predicted molar refractivity (Wildman–Crippen MR) is 121 cm³/mol. The number of hydrogen-bond acceptors (Lipinski definition) is 4. The van der Waals surface area contributed by atoms with Crippen molar-refractivity contribution in [3.8, 4) is 17.1 Å². The van der Waals surface area contributed by atoms with E-state index in [2.05, 4.69) is 20.4 Å². The Bertz CT molecular complexity index is 1430. The number of nitrogens with zero attached hydrogens (tertiary/aromatic N) is 4. The van der Waals surface area contributed by atoms with E-state index in [-0.39, 0.29) is 11.7 Å². The van der Waals surface area contributed by atoms with E-state index in [0.29, 0.717) is 28.4 Å². The Kier molecular flexibility index (Phi) is 4.91. The van der Waals surface area contributed by atoms with Gasteiger partial charge in [-0.25, -0.2) is 14.4 Å². The predicted octanol–water partition coefficient (Wildman–Crippen LogP) is 5.18. The van der Waals surface area contributed by atoms with Gasteiger partial charge in [0.05, 0.1) is 22.5 Å². The summed E-state index contributed by atoms with van der Waals surface area (Å²) in [5.74, 6) is 0.479. The fraction of sp³-hybridized carbons (Fsp3) is 0.0400. The number of hydrogen-bond donors (Lipinski definition) is 1. The van der Waals surface area contributed by atoms with Gasteiger partial charge in [0.15, 0.2) is 5.82 Å². The first-order valence-corrected chi connectivity index (χ1v) is 10.0. The Hall–Kier alpha value is -4.39. The van der Waals surface area contributed by atoms with Crippen LogP contribution in [0.15, 0.2) is 85.1 Å². The molecule has 0 radical (unpaired) electrons. The molecule has 32 heavy (non-hydrogen) atoms. The summed E-state index contributed by atoms with van der Waals surface area (Å²) < 4.78 is 15.0. The molecule has 0 aliphatic rings. The Morgan fingerprint density at radius 1 is 0.969 bits per heavy atom. The number of aryl methyl sites for hydroxylation is 1. The first-order chi connectivity index (χ1) is 15.6. The van der Waals surface area contributed by atoms with Crippen molar-refractivity contribution in [1.82, 2.24) is 19.7 Å². The molecule has 0 fully saturated rings. The van der Waals surface area contributed by atoms with Crippen molar-refractivity contribution < 1.29 is 9.18 Å². The molecular formula is C25H18FN5O. The van der Waals surface area contributed by atoms with E-state index >= 15 is 0 Å². The number of benzene rings is 2. The summed E-state index contributed by atoms with van der Waals surface area (Å²) in [5.41, 5.74) is 3.19. The van der Waals surface area contributed by atoms with Crippen LogP contribution in [-0.2, 0) is 0 Å². The highest BCUT2D eigenvalue weighted by molar-refractivity contribution is 6.13. The molecule has 5 rings (SSSR count). The molecule has 7 heteroatoms. The minimum Gasteiger partial charge on any atom is -0.306 e. The number of carbonyl (C=O) groups is 1. The molecule has 2 aromatic carbocycles. The van der Waals surface area contributed by atoms with Gasteiger partial charge in [-0.15, -0.1) is 0 Å². The quantitative estimate of drug-likeness (QED) is 0.432. The van der Waals surface area contributed by atoms with Crippen molar-refractivity contribution in [3.05, 3.63) is 102 Å². The average molecular weight is 423 g/mol. The Morgan fingerprint density at radius 2 is 1.75 bits per heavy atom. The number of pyridine rings is 2. The second-order valence-electron chi connectivity index (χ2n) is 7.30. The maximum Gasteiger partial charge on any atom is 0.257 e. The number of anilines is 1. The Morgan fingerprint density at radius 3 is 2.53 bits per heavy atom. The summed E-state index contributed by atoms with van der Waals surface area (Å²) in [6.07, 6.45) is 1.67. The average Bonchev–Trinajstić information content (AvgIpc) is 3.19. The molecule has 0 saturated heterocycles. The number of rotatable bonds is 4. The van der Waals surface area contributed by atoms with Crippen LogP contribution in [0.3, 0.4) is 0 Å². The van der Waals surface area contributed by atoms with Crippen LogP contribution in [0.4, 0.5) is 10.2 Å². The van der Waals surface area contributed by atoms with Crippen LogP contribution in [-0.4, -0.2) is 25.7 Å². The highest BCUT2D eigenvalue weighted by Crippen LogP contribution is 2.26. The highest BCUT2D eigenvalue weighted by atomic mass is 19.1. The molecule has 6 nitrogen and oxygen atoms in total. The fourth-order valence-electron chi connectivity index (χ4n) is 3.56. The molecule has 0 aliphatic heterocycles. The van der Waals surface area contributed by atoms with Crippen molar-refractivity contribution >= 4 is 22.6 Å². The van der Waals surface area contributed by atoms with Crippen molar-refractivity contribution in [1.29, 1.82) is 0 Å². The summed E-state index contributed by atoms with van der Waals surface area (Å²) >= 11 is 0. The minimum atomic E-state index is -0.328. The lowest BCUT2D eigenvalue weighted by Gasteiger charge is -2.12. The third-order valence-electron chi connectivity index (χ3n) is 5.04. The van der Waals surface area contributed by atoms with E-state index in [1.807, 2.05) is 49.4 Å². The van der Waals surface area contributed by atoms with Gasteiger partial charge in [0, 0.05) is 23.2 Å². The van der Waals surface area contributed by atoms with Gasteiger partial charge < -0.3 is 5.32 Å². The van der Waals surface area contributed by atoms with E-state index in [1.54, 1.807) is 35.1 Å². The molecule has 1 N–H and O–H groups in total. The lowest BCUT2D eigenvalue weighted by atomic mass is 10.0. The van der Waals surface area contributed by atoms with Gasteiger partial charge in [0.2, 0.25) is 0 Å². The van der Waals surface area contributed by atoms with E-state index in [9.17, 15) is 9.18 Å². The molecule has 0 atom stereocenters. The van der Waals surface area contributed by atoms with Crippen molar-refractivity contribution in [3.63, 3.8) is 0 Å². The topological polar surface area (TPSA) is 72.7 Å². The lowest BCUT2D eigenvalue weighted by Crippen LogP contribution is -2.16. The van der Waals surface area contributed by atoms with Crippen LogP contribution < -0.4 is 5.32 Å². The van der Waals surface area contributed by atoms with Gasteiger partial charge in [-0.2, -0.15) is 9.78 Å². The van der Waals surface area contributed by atoms with E-state index in [1.165, 1.54) is 12.1 Å².